The predicted molar refractivity (Wildman–Crippen MR) is 324 cm³/mol. The van der Waals surface area contributed by atoms with Crippen molar-refractivity contribution in [2.45, 2.75) is 127 Å². The molecule has 5 rings (SSSR count). The fourth-order valence-corrected chi connectivity index (χ4v) is 9.25. The number of hydrogen-bond donors (Lipinski definition) is 15. The largest absolute Gasteiger partial charge is 0.370 e. The number of H-pyrrole nitrogens is 2. The standard InChI is InChI=1S/C58H78N20O11/c1-36(79)64-24-11-21-58(22-12-25-65-37(2)80,56(89)66-26-20-48(59)81)75-50(83)32-69-51(84)34-78-33-40(76-77-78)15-6-9-19-49(82)71-47(29-41-31-63-35-70-41)55(88)74-46(27-38-13-4-3-5-14-38)54(87)72-44(18-10-23-67-57(61)62)53(86)73-45(52(60)85)28-39-30-68-43-17-8-7-16-42(39)43/h3-5,7-8,13-14,16-17,30-31,33,35,44-47,68H,9-12,18-29,32,34H2,1-2H3,(H2,59,81)(H2,60,85)(H,63,70)(H,64,79)(H,65,80)(H,66,89)(H,69,84)(H,71,82)(H,72,87)(H,73,86)(H,74,88)(H,75,83)(H4,61,62,67)/t44-,45-,46+,47-/m0/s1. The Bertz CT molecular complexity index is 3310. The second kappa shape index (κ2) is 35.7. The molecule has 0 spiro atoms. The van der Waals surface area contributed by atoms with Crippen molar-refractivity contribution in [3.8, 4) is 11.8 Å². The number of carbonyl (C=O) groups is 11. The zero-order chi connectivity index (χ0) is 64.7. The van der Waals surface area contributed by atoms with E-state index in [1.807, 2.05) is 24.3 Å². The van der Waals surface area contributed by atoms with Crippen LogP contribution in [0.4, 0.5) is 0 Å². The number of aromatic amines is 2. The molecule has 0 saturated heterocycles. The first-order valence-corrected chi connectivity index (χ1v) is 28.7. The highest BCUT2D eigenvalue weighted by Crippen LogP contribution is 2.22. The normalized spacial score (nSPS) is 12.2. The highest BCUT2D eigenvalue weighted by molar-refractivity contribution is 5.96. The van der Waals surface area contributed by atoms with E-state index in [2.05, 4.69) is 89.9 Å². The van der Waals surface area contributed by atoms with Gasteiger partial charge in [-0.25, -0.2) is 9.67 Å². The maximum atomic E-state index is 14.4. The third-order valence-corrected chi connectivity index (χ3v) is 13.6. The van der Waals surface area contributed by atoms with Crippen molar-refractivity contribution in [1.29, 1.82) is 0 Å². The third-order valence-electron chi connectivity index (χ3n) is 13.6. The van der Waals surface area contributed by atoms with Crippen LogP contribution in [0.15, 0.2) is 84.5 Å². The Labute approximate surface area is 512 Å². The molecule has 89 heavy (non-hydrogen) atoms. The first-order chi connectivity index (χ1) is 42.6. The highest BCUT2D eigenvalue weighted by atomic mass is 16.2. The number of nitrogens with zero attached hydrogens (tertiary/aromatic N) is 5. The van der Waals surface area contributed by atoms with Gasteiger partial charge in [0.25, 0.3) is 0 Å². The van der Waals surface area contributed by atoms with Crippen molar-refractivity contribution < 1.29 is 52.7 Å². The number of aromatic nitrogens is 6. The molecule has 19 N–H and O–H groups in total. The van der Waals surface area contributed by atoms with E-state index in [-0.39, 0.29) is 127 Å². The maximum absolute atomic E-state index is 14.4. The topological polar surface area (TPSA) is 488 Å². The number of fused-ring (bicyclic) bond motifs is 1. The molecule has 4 atom stereocenters. The van der Waals surface area contributed by atoms with Gasteiger partial charge in [0, 0.05) is 108 Å². The Balaban J connectivity index is 1.21. The van der Waals surface area contributed by atoms with Crippen LogP contribution >= 0.6 is 0 Å². The van der Waals surface area contributed by atoms with E-state index < -0.39 is 96.0 Å². The fraction of sp³-hybridized carbons (Fsp3) is 0.431. The van der Waals surface area contributed by atoms with Gasteiger partial charge in [-0.15, -0.1) is 5.10 Å². The molecular formula is C58H78N20O11. The number of guanidine groups is 1. The number of amides is 11. The van der Waals surface area contributed by atoms with Gasteiger partial charge in [-0.2, -0.15) is 0 Å². The van der Waals surface area contributed by atoms with Crippen molar-refractivity contribution in [2.24, 2.45) is 27.9 Å². The van der Waals surface area contributed by atoms with Crippen LogP contribution in [0.2, 0.25) is 0 Å². The van der Waals surface area contributed by atoms with Gasteiger partial charge in [0.1, 0.15) is 36.3 Å². The number of hydrogen-bond acceptors (Lipinski definition) is 15. The molecule has 3 aromatic heterocycles. The summed E-state index contributed by atoms with van der Waals surface area (Å²) >= 11 is 0. The number of imidazole rings is 1. The van der Waals surface area contributed by atoms with Gasteiger partial charge in [-0.1, -0.05) is 59.7 Å². The second-order valence-electron chi connectivity index (χ2n) is 20.8. The molecule has 476 valence electrons. The molecule has 5 aromatic rings. The molecule has 0 aliphatic heterocycles. The van der Waals surface area contributed by atoms with Crippen LogP contribution in [-0.4, -0.2) is 163 Å². The summed E-state index contributed by atoms with van der Waals surface area (Å²) in [4.78, 5) is 158. The van der Waals surface area contributed by atoms with E-state index >= 15 is 0 Å². The van der Waals surface area contributed by atoms with E-state index in [1.165, 1.54) is 32.6 Å². The van der Waals surface area contributed by atoms with Crippen LogP contribution in [0.5, 0.6) is 0 Å². The van der Waals surface area contributed by atoms with E-state index in [0.29, 0.717) is 11.3 Å². The minimum absolute atomic E-state index is 0.00402. The van der Waals surface area contributed by atoms with Gasteiger partial charge in [0.2, 0.25) is 65.0 Å². The molecule has 0 saturated carbocycles. The zero-order valence-electron chi connectivity index (χ0n) is 49.6. The SMILES string of the molecule is CC(=O)NCCCC(CCCNC(C)=O)(NC(=O)CNC(=O)Cn1cc(C#CCCC(=O)N[C@@H](Cc2cnc[nH]2)C(=O)N[C@H](Cc2ccccc2)C(=O)N[C@@H](CCCN=C(N)N)C(=O)N[C@@H](Cc2c[nH]c3ccccc23)C(N)=O)nn1)C(=O)NCCC(N)=O. The lowest BCUT2D eigenvalue weighted by Gasteiger charge is -2.34. The molecular weight excluding hydrogens is 1150 g/mol. The quantitative estimate of drug-likeness (QED) is 0.00798. The first-order valence-electron chi connectivity index (χ1n) is 28.7. The number of primary amides is 2. The lowest BCUT2D eigenvalue weighted by molar-refractivity contribution is -0.134. The summed E-state index contributed by atoms with van der Waals surface area (Å²) in [5, 5.41) is 32.8. The van der Waals surface area contributed by atoms with Gasteiger partial charge in [0.05, 0.1) is 19.1 Å². The number of nitrogens with one attached hydrogen (secondary N) is 11. The third kappa shape index (κ3) is 24.7. The van der Waals surface area contributed by atoms with Crippen LogP contribution in [0.25, 0.3) is 10.9 Å². The summed E-state index contributed by atoms with van der Waals surface area (Å²) in [5.74, 6) is -1.54. The fourth-order valence-electron chi connectivity index (χ4n) is 9.25. The molecule has 3 heterocycles. The van der Waals surface area contributed by atoms with E-state index in [9.17, 15) is 52.7 Å². The number of rotatable bonds is 37. The minimum atomic E-state index is -1.57. The van der Waals surface area contributed by atoms with Gasteiger partial charge < -0.3 is 80.8 Å². The molecule has 31 nitrogen and oxygen atoms in total. The van der Waals surface area contributed by atoms with Crippen LogP contribution in [0.1, 0.15) is 94.1 Å². The summed E-state index contributed by atoms with van der Waals surface area (Å²) in [6.07, 6.45) is 6.27. The molecule has 0 aliphatic carbocycles. The molecule has 0 unspecified atom stereocenters. The van der Waals surface area contributed by atoms with Gasteiger partial charge in [0.15, 0.2) is 11.7 Å². The van der Waals surface area contributed by atoms with Crippen LogP contribution in [-0.2, 0) is 78.5 Å². The maximum Gasteiger partial charge on any atom is 0.245 e. The van der Waals surface area contributed by atoms with Gasteiger partial charge in [-0.3, -0.25) is 57.7 Å². The lowest BCUT2D eigenvalue weighted by Crippen LogP contribution is -2.61. The van der Waals surface area contributed by atoms with Crippen molar-refractivity contribution >= 4 is 81.8 Å². The molecule has 0 bridgehead atoms. The number of para-hydroxylation sites is 1. The van der Waals surface area contributed by atoms with Crippen LogP contribution < -0.4 is 70.8 Å². The number of benzene rings is 2. The van der Waals surface area contributed by atoms with E-state index in [0.717, 1.165) is 21.1 Å². The summed E-state index contributed by atoms with van der Waals surface area (Å²) < 4.78 is 1.16. The summed E-state index contributed by atoms with van der Waals surface area (Å²) in [6.45, 7) is 2.04. The molecule has 0 fully saturated rings. The van der Waals surface area contributed by atoms with Gasteiger partial charge in [-0.05, 0) is 61.6 Å². The number of nitrogens with two attached hydrogens (primary N) is 4. The highest BCUT2D eigenvalue weighted by Gasteiger charge is 2.39. The summed E-state index contributed by atoms with van der Waals surface area (Å²) in [6, 6.07) is 11.2. The van der Waals surface area contributed by atoms with Gasteiger partial charge >= 0.3 is 0 Å². The molecule has 11 amide bonds. The summed E-state index contributed by atoms with van der Waals surface area (Å²) in [7, 11) is 0. The van der Waals surface area contributed by atoms with Crippen LogP contribution in [0.3, 0.4) is 0 Å². The Kier molecular flexibility index (Phi) is 27.7. The predicted octanol–water partition coefficient (Wildman–Crippen LogP) is -3.38. The zero-order valence-corrected chi connectivity index (χ0v) is 49.6. The Hall–Kier alpha value is -10.7. The molecule has 0 radical (unpaired) electrons. The Morgan fingerprint density at radius 2 is 1.33 bits per heavy atom. The van der Waals surface area contributed by atoms with E-state index in [4.69, 9.17) is 22.9 Å². The number of carbonyl (C=O) groups excluding carboxylic acids is 11. The van der Waals surface area contributed by atoms with Crippen molar-refractivity contribution in [2.75, 3.05) is 32.7 Å². The smallest absolute Gasteiger partial charge is 0.245 e. The Morgan fingerprint density at radius 1 is 0.674 bits per heavy atom. The molecule has 2 aromatic carbocycles. The van der Waals surface area contributed by atoms with E-state index in [1.54, 1.807) is 36.5 Å². The lowest BCUT2D eigenvalue weighted by atomic mass is 9.86. The molecule has 31 heteroatoms. The average molecular weight is 1230 g/mol. The van der Waals surface area contributed by atoms with Crippen molar-refractivity contribution in [1.82, 2.24) is 77.8 Å². The Morgan fingerprint density at radius 3 is 1.98 bits per heavy atom. The average Bonchev–Trinajstić information content (AvgIpc) is 2.13. The van der Waals surface area contributed by atoms with Crippen LogP contribution in [0, 0.1) is 11.8 Å². The second-order valence-corrected chi connectivity index (χ2v) is 20.8. The molecule has 0 aliphatic rings. The van der Waals surface area contributed by atoms with Crippen molar-refractivity contribution in [3.63, 3.8) is 0 Å². The van der Waals surface area contributed by atoms with Crippen molar-refractivity contribution in [3.05, 3.63) is 102 Å². The first kappa shape index (κ1) is 69.1. The monoisotopic (exact) mass is 1230 g/mol. The minimum Gasteiger partial charge on any atom is -0.370 e. The summed E-state index contributed by atoms with van der Waals surface area (Å²) in [5.41, 5.74) is 23.4. The number of aliphatic imine (C=N–C) groups is 1.